The van der Waals surface area contributed by atoms with E-state index in [0.717, 1.165) is 25.7 Å². The quantitative estimate of drug-likeness (QED) is 0.129. The number of H-pyrrole nitrogens is 2. The van der Waals surface area contributed by atoms with Gasteiger partial charge >= 0.3 is 11.9 Å². The summed E-state index contributed by atoms with van der Waals surface area (Å²) in [5.74, 6) is -0.361. The van der Waals surface area contributed by atoms with Crippen LogP contribution in [-0.2, 0) is 54.8 Å². The van der Waals surface area contributed by atoms with E-state index in [1.165, 1.54) is 25.3 Å². The molecule has 0 saturated heterocycles. The fraction of sp³-hybridized carbons (Fsp3) is 0.463. The maximum absolute atomic E-state index is 12.1. The predicted molar refractivity (Wildman–Crippen MR) is 217 cm³/mol. The van der Waals surface area contributed by atoms with Gasteiger partial charge in [-0.25, -0.2) is 0 Å². The number of nitrogens with zero attached hydrogens (tertiary/aromatic N) is 5. The van der Waals surface area contributed by atoms with Gasteiger partial charge in [0.25, 0.3) is 11.1 Å². The first-order valence-corrected chi connectivity index (χ1v) is 19.5. The lowest BCUT2D eigenvalue weighted by atomic mass is 9.80. The molecular weight excluding hydrogens is 761 g/mol. The van der Waals surface area contributed by atoms with Crippen molar-refractivity contribution in [1.82, 2.24) is 40.6 Å². The van der Waals surface area contributed by atoms with Crippen LogP contribution in [0.4, 0.5) is 11.9 Å². The molecule has 18 heteroatoms. The summed E-state index contributed by atoms with van der Waals surface area (Å²) >= 11 is 0. The van der Waals surface area contributed by atoms with Crippen molar-refractivity contribution < 1.29 is 28.7 Å². The zero-order chi connectivity index (χ0) is 42.7. The van der Waals surface area contributed by atoms with Crippen molar-refractivity contribution in [3.8, 4) is 0 Å². The third-order valence-corrected chi connectivity index (χ3v) is 10.3. The van der Waals surface area contributed by atoms with Gasteiger partial charge in [0.1, 0.15) is 17.2 Å². The van der Waals surface area contributed by atoms with E-state index in [4.69, 9.17) is 16.2 Å². The van der Waals surface area contributed by atoms with Crippen molar-refractivity contribution in [1.29, 1.82) is 0 Å². The monoisotopic (exact) mass is 814 g/mol. The SMILES string of the molecule is COC(=O)C1CCC(C(=O)NCc2nnc(N)[nH]c2=O)CC1.COC(=O)C1CCC(C(C)=O)CC1.Nc1nnc(CN(Cc2ccccc2)Cc2ccccc2)c(=O)[nH]1. The maximum atomic E-state index is 12.1. The number of ether oxygens (including phenoxy) is 2. The van der Waals surface area contributed by atoms with Crippen molar-refractivity contribution in [2.45, 2.75) is 84.5 Å². The smallest absolute Gasteiger partial charge is 0.308 e. The number of amides is 1. The van der Waals surface area contributed by atoms with Crippen LogP contribution in [-0.4, -0.2) is 73.1 Å². The predicted octanol–water partition coefficient (Wildman–Crippen LogP) is 2.85. The number of benzene rings is 2. The van der Waals surface area contributed by atoms with Gasteiger partial charge in [0.15, 0.2) is 0 Å². The fourth-order valence-electron chi connectivity index (χ4n) is 7.00. The van der Waals surface area contributed by atoms with E-state index < -0.39 is 5.56 Å². The molecule has 4 aromatic rings. The van der Waals surface area contributed by atoms with Crippen molar-refractivity contribution in [2.75, 3.05) is 25.7 Å². The van der Waals surface area contributed by atoms with E-state index in [2.05, 4.69) is 69.6 Å². The summed E-state index contributed by atoms with van der Waals surface area (Å²) in [5, 5.41) is 17.5. The van der Waals surface area contributed by atoms with Gasteiger partial charge in [0.2, 0.25) is 17.8 Å². The van der Waals surface area contributed by atoms with Crippen LogP contribution in [0.25, 0.3) is 0 Å². The number of aromatic nitrogens is 6. The number of esters is 2. The largest absolute Gasteiger partial charge is 0.469 e. The number of carbonyl (C=O) groups excluding carboxylic acids is 4. The Morgan fingerprint density at radius 2 is 1.03 bits per heavy atom. The molecule has 59 heavy (non-hydrogen) atoms. The zero-order valence-corrected chi connectivity index (χ0v) is 33.7. The molecule has 0 atom stereocenters. The lowest BCUT2D eigenvalue weighted by molar-refractivity contribution is -0.148. The topological polar surface area (TPSA) is 271 Å². The number of hydrogen-bond donors (Lipinski definition) is 5. The molecule has 0 aliphatic heterocycles. The number of ketones is 1. The number of rotatable bonds is 12. The van der Waals surface area contributed by atoms with E-state index in [1.54, 1.807) is 6.92 Å². The van der Waals surface area contributed by atoms with Crippen molar-refractivity contribution in [3.05, 3.63) is 104 Å². The molecule has 2 aromatic carbocycles. The first kappa shape index (κ1) is 45.4. The van der Waals surface area contributed by atoms with Gasteiger partial charge in [0, 0.05) is 31.5 Å². The van der Waals surface area contributed by atoms with E-state index in [-0.39, 0.29) is 77.0 Å². The summed E-state index contributed by atoms with van der Waals surface area (Å²) in [6.07, 6.45) is 5.79. The Labute approximate surface area is 341 Å². The highest BCUT2D eigenvalue weighted by atomic mass is 16.5. The summed E-state index contributed by atoms with van der Waals surface area (Å²) in [5.41, 5.74) is 12.8. The molecular formula is C41H54N10O8. The van der Waals surface area contributed by atoms with Gasteiger partial charge in [-0.3, -0.25) is 43.6 Å². The van der Waals surface area contributed by atoms with Crippen LogP contribution in [0.5, 0.6) is 0 Å². The van der Waals surface area contributed by atoms with Crippen LogP contribution < -0.4 is 27.9 Å². The second kappa shape index (κ2) is 23.2. The average Bonchev–Trinajstić information content (AvgIpc) is 3.25. The second-order valence-electron chi connectivity index (χ2n) is 14.6. The fourth-order valence-corrected chi connectivity index (χ4v) is 7.00. The zero-order valence-electron chi connectivity index (χ0n) is 33.7. The number of Topliss-reactive ketones (excluding diaryl/α,β-unsaturated/α-hetero) is 1. The van der Waals surface area contributed by atoms with Crippen LogP contribution in [0.15, 0.2) is 70.3 Å². The molecule has 316 valence electrons. The van der Waals surface area contributed by atoms with Crippen LogP contribution in [0.1, 0.15) is 80.8 Å². The van der Waals surface area contributed by atoms with Gasteiger partial charge in [-0.15, -0.1) is 20.4 Å². The first-order valence-electron chi connectivity index (χ1n) is 19.5. The van der Waals surface area contributed by atoms with Gasteiger partial charge < -0.3 is 26.3 Å². The first-order chi connectivity index (χ1) is 28.4. The highest BCUT2D eigenvalue weighted by molar-refractivity contribution is 5.80. The summed E-state index contributed by atoms with van der Waals surface area (Å²) in [4.78, 5) is 76.2. The molecule has 2 fully saturated rings. The van der Waals surface area contributed by atoms with E-state index in [0.29, 0.717) is 51.0 Å². The van der Waals surface area contributed by atoms with Crippen molar-refractivity contribution in [3.63, 3.8) is 0 Å². The average molecular weight is 815 g/mol. The standard InChI is InChI=1S/C18H19N5O.C13H19N5O4.C10H16O3/c19-18-20-17(24)16(21-22-18)13-23(11-14-7-3-1-4-8-14)12-15-9-5-2-6-10-15;1-22-12(21)8-4-2-7(3-5-8)10(19)15-6-9-11(20)16-13(14)18-17-9;1-7(11)8-3-5-9(6-4-8)10(12)13-2/h1-10H,11-13H2,(H3,19,20,22,24);7-8H,2-6H2,1H3,(H,15,19)(H3,14,16,18,20);8-9H,3-6H2,1-2H3. The molecule has 2 saturated carbocycles. The van der Waals surface area contributed by atoms with Crippen LogP contribution >= 0.6 is 0 Å². The van der Waals surface area contributed by atoms with Crippen LogP contribution in [0, 0.1) is 23.7 Å². The molecule has 6 rings (SSSR count). The minimum absolute atomic E-state index is 0.00161. The van der Waals surface area contributed by atoms with Crippen LogP contribution in [0.3, 0.4) is 0 Å². The van der Waals surface area contributed by atoms with E-state index in [1.807, 2.05) is 36.4 Å². The van der Waals surface area contributed by atoms with Gasteiger partial charge in [-0.2, -0.15) is 0 Å². The minimum atomic E-state index is -0.470. The Morgan fingerprint density at radius 1 is 0.627 bits per heavy atom. The number of nitrogen functional groups attached to an aromatic ring is 2. The Balaban J connectivity index is 0.000000204. The molecule has 7 N–H and O–H groups in total. The number of carbonyl (C=O) groups is 4. The highest BCUT2D eigenvalue weighted by Crippen LogP contribution is 2.30. The Bertz CT molecular complexity index is 2040. The second-order valence-corrected chi connectivity index (χ2v) is 14.6. The molecule has 2 aromatic heterocycles. The lowest BCUT2D eigenvalue weighted by Crippen LogP contribution is -2.36. The number of methoxy groups -OCH3 is 2. The summed E-state index contributed by atoms with van der Waals surface area (Å²) in [7, 11) is 2.78. The molecule has 18 nitrogen and oxygen atoms in total. The normalized spacial score (nSPS) is 18.5. The van der Waals surface area contributed by atoms with Gasteiger partial charge in [0.05, 0.1) is 32.6 Å². The van der Waals surface area contributed by atoms with Crippen LogP contribution in [0.2, 0.25) is 0 Å². The Hall–Kier alpha value is -6.30. The molecule has 0 spiro atoms. The maximum Gasteiger partial charge on any atom is 0.308 e. The minimum Gasteiger partial charge on any atom is -0.469 e. The summed E-state index contributed by atoms with van der Waals surface area (Å²) < 4.78 is 9.37. The third kappa shape index (κ3) is 14.9. The molecule has 2 aliphatic carbocycles. The molecule has 0 bridgehead atoms. The van der Waals surface area contributed by atoms with E-state index in [9.17, 15) is 28.8 Å². The molecule has 1 amide bonds. The molecule has 2 heterocycles. The van der Waals surface area contributed by atoms with Gasteiger partial charge in [-0.1, -0.05) is 60.7 Å². The molecule has 0 radical (unpaired) electrons. The number of hydrogen-bond acceptors (Lipinski definition) is 15. The van der Waals surface area contributed by atoms with Gasteiger partial charge in [-0.05, 0) is 69.4 Å². The summed E-state index contributed by atoms with van der Waals surface area (Å²) in [6, 6.07) is 20.3. The van der Waals surface area contributed by atoms with Crippen molar-refractivity contribution in [2.24, 2.45) is 23.7 Å². The lowest BCUT2D eigenvalue weighted by Gasteiger charge is -2.25. The van der Waals surface area contributed by atoms with Crippen molar-refractivity contribution >= 4 is 35.5 Å². The highest BCUT2D eigenvalue weighted by Gasteiger charge is 2.31. The summed E-state index contributed by atoms with van der Waals surface area (Å²) in [6.45, 7) is 3.44. The number of nitrogens with two attached hydrogens (primary N) is 2. The number of aromatic amines is 2. The third-order valence-electron chi connectivity index (χ3n) is 10.3. The molecule has 2 aliphatic rings. The Kier molecular flexibility index (Phi) is 17.8. The molecule has 0 unspecified atom stereocenters. The van der Waals surface area contributed by atoms with E-state index >= 15 is 0 Å². The Morgan fingerprint density at radius 3 is 1.44 bits per heavy atom. The number of nitrogens with one attached hydrogen (secondary N) is 3. The number of anilines is 2.